The number of nitrogens with zero attached hydrogens (tertiary/aromatic N) is 2. The summed E-state index contributed by atoms with van der Waals surface area (Å²) in [7, 11) is 0. The highest BCUT2D eigenvalue weighted by atomic mass is 16.6. The van der Waals surface area contributed by atoms with E-state index in [1.54, 1.807) is 0 Å². The monoisotopic (exact) mass is 343 g/mol. The average molecular weight is 343 g/mol. The molecule has 2 aromatic rings. The largest absolute Gasteiger partial charge is 0.444 e. The summed E-state index contributed by atoms with van der Waals surface area (Å²) in [5.41, 5.74) is 2.10. The van der Waals surface area contributed by atoms with Gasteiger partial charge in [-0.3, -0.25) is 4.68 Å². The van der Waals surface area contributed by atoms with Crippen LogP contribution in [0.5, 0.6) is 0 Å². The predicted octanol–water partition coefficient (Wildman–Crippen LogP) is 4.61. The van der Waals surface area contributed by atoms with Gasteiger partial charge in [-0.2, -0.15) is 5.10 Å². The number of carbonyl (C=O) groups excluding carboxylic acids is 1. The first-order valence-corrected chi connectivity index (χ1v) is 9.31. The maximum absolute atomic E-state index is 11.9. The molecule has 1 aliphatic rings. The minimum atomic E-state index is -0.452. The molecule has 0 radical (unpaired) electrons. The van der Waals surface area contributed by atoms with Crippen molar-refractivity contribution in [2.24, 2.45) is 0 Å². The van der Waals surface area contributed by atoms with Crippen LogP contribution >= 0.6 is 0 Å². The summed E-state index contributed by atoms with van der Waals surface area (Å²) >= 11 is 0. The summed E-state index contributed by atoms with van der Waals surface area (Å²) in [4.78, 5) is 11.9. The quantitative estimate of drug-likeness (QED) is 0.885. The lowest BCUT2D eigenvalue weighted by Gasteiger charge is -2.30. The summed E-state index contributed by atoms with van der Waals surface area (Å²) in [5, 5.41) is 8.85. The van der Waals surface area contributed by atoms with Crippen molar-refractivity contribution < 1.29 is 9.53 Å². The molecule has 1 saturated carbocycles. The Kier molecular flexibility index (Phi) is 5.02. The molecule has 5 nitrogen and oxygen atoms in total. The van der Waals surface area contributed by atoms with Crippen molar-refractivity contribution in [3.05, 3.63) is 30.0 Å². The lowest BCUT2D eigenvalue weighted by molar-refractivity contribution is 0.0487. The number of amides is 1. The number of hydrogen-bond donors (Lipinski definition) is 1. The topological polar surface area (TPSA) is 56.2 Å². The maximum atomic E-state index is 11.9. The molecule has 1 amide bonds. The van der Waals surface area contributed by atoms with Gasteiger partial charge in [-0.1, -0.05) is 13.0 Å². The highest BCUT2D eigenvalue weighted by molar-refractivity contribution is 5.79. The Balaban J connectivity index is 1.60. The molecule has 1 aromatic heterocycles. The highest BCUT2D eigenvalue weighted by Gasteiger charge is 2.26. The maximum Gasteiger partial charge on any atom is 0.407 e. The Morgan fingerprint density at radius 1 is 1.28 bits per heavy atom. The second kappa shape index (κ2) is 7.06. The van der Waals surface area contributed by atoms with E-state index in [0.717, 1.165) is 32.1 Å². The van der Waals surface area contributed by atoms with E-state index in [9.17, 15) is 4.79 Å². The molecule has 1 aromatic carbocycles. The van der Waals surface area contributed by atoms with E-state index in [2.05, 4.69) is 40.2 Å². The van der Waals surface area contributed by atoms with Gasteiger partial charge in [0.15, 0.2) is 0 Å². The second-order valence-corrected chi connectivity index (χ2v) is 7.99. The number of aromatic nitrogens is 2. The molecular formula is C20H29N3O2. The Morgan fingerprint density at radius 3 is 2.64 bits per heavy atom. The van der Waals surface area contributed by atoms with Crippen LogP contribution in [0.4, 0.5) is 4.79 Å². The molecular weight excluding hydrogens is 314 g/mol. The van der Waals surface area contributed by atoms with Crippen LogP contribution in [0, 0.1) is 0 Å². The van der Waals surface area contributed by atoms with Crippen molar-refractivity contribution >= 4 is 17.0 Å². The average Bonchev–Trinajstić information content (AvgIpc) is 2.96. The molecule has 0 saturated heterocycles. The summed E-state index contributed by atoms with van der Waals surface area (Å²) < 4.78 is 7.52. The van der Waals surface area contributed by atoms with Crippen LogP contribution in [0.15, 0.2) is 24.4 Å². The zero-order valence-corrected chi connectivity index (χ0v) is 15.7. The van der Waals surface area contributed by atoms with Gasteiger partial charge in [0.05, 0.1) is 17.8 Å². The Labute approximate surface area is 149 Å². The fourth-order valence-corrected chi connectivity index (χ4v) is 3.55. The number of alkyl carbamates (subject to hydrolysis) is 1. The number of hydrogen-bond acceptors (Lipinski definition) is 3. The molecule has 0 bridgehead atoms. The van der Waals surface area contributed by atoms with E-state index in [1.165, 1.54) is 16.5 Å². The third-order valence-electron chi connectivity index (χ3n) is 4.83. The molecule has 0 spiro atoms. The van der Waals surface area contributed by atoms with Crippen LogP contribution in [0.25, 0.3) is 10.9 Å². The van der Waals surface area contributed by atoms with Gasteiger partial charge in [0.1, 0.15) is 5.60 Å². The third-order valence-corrected chi connectivity index (χ3v) is 4.83. The van der Waals surface area contributed by atoms with E-state index in [4.69, 9.17) is 4.74 Å². The normalized spacial score (nSPS) is 21.3. The molecule has 5 heteroatoms. The van der Waals surface area contributed by atoms with Crippen LogP contribution in [0.2, 0.25) is 0 Å². The lowest BCUT2D eigenvalue weighted by atomic mass is 9.91. The SMILES string of the molecule is CCc1ccc2c(cnn2C2CCC(NC(=O)OC(C)(C)C)CC2)c1. The van der Waals surface area contributed by atoms with Crippen molar-refractivity contribution in [3.8, 4) is 0 Å². The summed E-state index contributed by atoms with van der Waals surface area (Å²) in [6, 6.07) is 7.21. The Bertz CT molecular complexity index is 737. The third kappa shape index (κ3) is 4.33. The van der Waals surface area contributed by atoms with Crippen LogP contribution < -0.4 is 5.32 Å². The molecule has 0 atom stereocenters. The van der Waals surface area contributed by atoms with Crippen molar-refractivity contribution in [1.82, 2.24) is 15.1 Å². The number of rotatable bonds is 3. The van der Waals surface area contributed by atoms with Crippen LogP contribution in [-0.4, -0.2) is 27.5 Å². The molecule has 1 heterocycles. The van der Waals surface area contributed by atoms with Gasteiger partial charge >= 0.3 is 6.09 Å². The lowest BCUT2D eigenvalue weighted by Crippen LogP contribution is -2.41. The standard InChI is InChI=1S/C20H29N3O2/c1-5-14-6-11-18-15(12-14)13-21-23(18)17-9-7-16(8-10-17)22-19(24)25-20(2,3)4/h6,11-13,16-17H,5,7-10H2,1-4H3,(H,22,24). The number of benzene rings is 1. The number of aryl methyl sites for hydroxylation is 1. The first-order chi connectivity index (χ1) is 11.9. The first-order valence-electron chi connectivity index (χ1n) is 9.31. The first kappa shape index (κ1) is 17.8. The van der Waals surface area contributed by atoms with Gasteiger partial charge in [0.25, 0.3) is 0 Å². The van der Waals surface area contributed by atoms with Gasteiger partial charge in [-0.05, 0) is 70.6 Å². The van der Waals surface area contributed by atoms with Crippen LogP contribution in [0.1, 0.15) is 65.0 Å². The number of carbonyl (C=O) groups is 1. The molecule has 1 aliphatic carbocycles. The van der Waals surface area contributed by atoms with Gasteiger partial charge in [0.2, 0.25) is 0 Å². The van der Waals surface area contributed by atoms with Crippen molar-refractivity contribution in [1.29, 1.82) is 0 Å². The van der Waals surface area contributed by atoms with Gasteiger partial charge < -0.3 is 10.1 Å². The zero-order valence-electron chi connectivity index (χ0n) is 15.7. The second-order valence-electron chi connectivity index (χ2n) is 7.99. The van der Waals surface area contributed by atoms with Gasteiger partial charge in [-0.15, -0.1) is 0 Å². The summed E-state index contributed by atoms with van der Waals surface area (Å²) in [6.07, 6.45) is 6.66. The van der Waals surface area contributed by atoms with E-state index < -0.39 is 5.60 Å². The molecule has 1 N–H and O–H groups in total. The Hall–Kier alpha value is -2.04. The minimum Gasteiger partial charge on any atom is -0.444 e. The molecule has 25 heavy (non-hydrogen) atoms. The minimum absolute atomic E-state index is 0.194. The summed E-state index contributed by atoms with van der Waals surface area (Å²) in [5.74, 6) is 0. The molecule has 0 unspecified atom stereocenters. The predicted molar refractivity (Wildman–Crippen MR) is 99.8 cm³/mol. The molecule has 136 valence electrons. The molecule has 1 fully saturated rings. The molecule has 3 rings (SSSR count). The van der Waals surface area contributed by atoms with E-state index in [0.29, 0.717) is 6.04 Å². The smallest absolute Gasteiger partial charge is 0.407 e. The number of ether oxygens (including phenoxy) is 1. The van der Waals surface area contributed by atoms with Crippen LogP contribution in [0.3, 0.4) is 0 Å². The van der Waals surface area contributed by atoms with Crippen molar-refractivity contribution in [2.45, 2.75) is 77.5 Å². The van der Waals surface area contributed by atoms with Crippen molar-refractivity contribution in [2.75, 3.05) is 0 Å². The van der Waals surface area contributed by atoms with Crippen molar-refractivity contribution in [3.63, 3.8) is 0 Å². The fourth-order valence-electron chi connectivity index (χ4n) is 3.55. The number of nitrogens with one attached hydrogen (secondary N) is 1. The van der Waals surface area contributed by atoms with Crippen LogP contribution in [-0.2, 0) is 11.2 Å². The van der Waals surface area contributed by atoms with E-state index in [1.807, 2.05) is 27.0 Å². The van der Waals surface area contributed by atoms with Gasteiger partial charge in [0, 0.05) is 11.4 Å². The van der Waals surface area contributed by atoms with E-state index >= 15 is 0 Å². The highest BCUT2D eigenvalue weighted by Crippen LogP contribution is 2.31. The van der Waals surface area contributed by atoms with Gasteiger partial charge in [-0.25, -0.2) is 4.79 Å². The fraction of sp³-hybridized carbons (Fsp3) is 0.600. The summed E-state index contributed by atoms with van der Waals surface area (Å²) in [6.45, 7) is 7.83. The molecule has 0 aliphatic heterocycles. The van der Waals surface area contributed by atoms with E-state index in [-0.39, 0.29) is 12.1 Å². The number of fused-ring (bicyclic) bond motifs is 1. The zero-order chi connectivity index (χ0) is 18.0. The Morgan fingerprint density at radius 2 is 2.00 bits per heavy atom.